The van der Waals surface area contributed by atoms with Gasteiger partial charge in [-0.2, -0.15) is 0 Å². The summed E-state index contributed by atoms with van der Waals surface area (Å²) in [6.45, 7) is 0. The average Bonchev–Trinajstić information content (AvgIpc) is 4.06. The van der Waals surface area contributed by atoms with Gasteiger partial charge in [0.05, 0.1) is 0 Å². The highest BCUT2D eigenvalue weighted by atomic mass is 32.1. The number of furan rings is 1. The summed E-state index contributed by atoms with van der Waals surface area (Å²) in [6.07, 6.45) is 0. The molecule has 0 amide bonds. The van der Waals surface area contributed by atoms with Crippen molar-refractivity contribution >= 4 is 50.3 Å². The SMILES string of the molecule is c1ccc(-c2ccc(-c3ccc(N(c4ccc(-c5ccc(-c6ccccc6)cc5)cc4)c4ccc(-c5ccc(-c6ccc(-c7ccc8oc9ccccc9c8c7)cc6)s5)cc4)cc3)cc2)cc1. The van der Waals surface area contributed by atoms with Gasteiger partial charge in [0.2, 0.25) is 0 Å². The Bertz CT molecular complexity index is 3480. The molecule has 0 bridgehead atoms. The van der Waals surface area contributed by atoms with Crippen LogP contribution in [-0.2, 0) is 0 Å². The van der Waals surface area contributed by atoms with Crippen LogP contribution in [0.15, 0.2) is 265 Å². The van der Waals surface area contributed by atoms with E-state index in [9.17, 15) is 0 Å². The van der Waals surface area contributed by atoms with Gasteiger partial charge < -0.3 is 9.32 Å². The minimum absolute atomic E-state index is 0.916. The van der Waals surface area contributed by atoms with E-state index in [1.165, 1.54) is 76.5 Å². The molecule has 0 saturated carbocycles. The van der Waals surface area contributed by atoms with E-state index in [0.29, 0.717) is 0 Å². The van der Waals surface area contributed by atoms with Crippen LogP contribution in [0.4, 0.5) is 17.1 Å². The number of thiophene rings is 1. The summed E-state index contributed by atoms with van der Waals surface area (Å²) in [5.41, 5.74) is 19.5. The van der Waals surface area contributed by atoms with Crippen molar-refractivity contribution in [1.82, 2.24) is 0 Å². The summed E-state index contributed by atoms with van der Waals surface area (Å²) in [5.74, 6) is 0. The Kier molecular flexibility index (Phi) is 10.4. The maximum atomic E-state index is 6.08. The molecular weight excluding hydrogens is 831 g/mol. The summed E-state index contributed by atoms with van der Waals surface area (Å²) in [4.78, 5) is 4.83. The molecule has 0 saturated heterocycles. The molecule has 0 radical (unpaired) electrons. The lowest BCUT2D eigenvalue weighted by Gasteiger charge is -2.26. The van der Waals surface area contributed by atoms with Gasteiger partial charge in [-0.25, -0.2) is 0 Å². The molecule has 3 heteroatoms. The molecule has 10 aromatic carbocycles. The third-order valence-electron chi connectivity index (χ3n) is 12.8. The first-order chi connectivity index (χ1) is 33.2. The van der Waals surface area contributed by atoms with Gasteiger partial charge in [-0.3, -0.25) is 0 Å². The Morgan fingerprint density at radius 1 is 0.239 bits per heavy atom. The molecule has 12 aromatic rings. The standard InChI is InChI=1S/C64H43NOS/c1-3-9-44(10-4-1)46-15-19-48(20-16-46)50-27-34-56(35-28-50)65(57-36-29-51(30-37-57)49-21-17-47(18-22-49)45-11-5-2-6-12-45)58-38-31-54(32-39-58)64-42-41-63(67-64)53-25-23-52(24-26-53)55-33-40-62-60(43-55)59-13-7-8-14-61(59)66-62/h1-43H. The Morgan fingerprint density at radius 3 is 1.00 bits per heavy atom. The molecule has 316 valence electrons. The van der Waals surface area contributed by atoms with Crippen molar-refractivity contribution < 1.29 is 4.42 Å². The lowest BCUT2D eigenvalue weighted by atomic mass is 9.99. The smallest absolute Gasteiger partial charge is 0.135 e. The summed E-state index contributed by atoms with van der Waals surface area (Å²) in [5, 5.41) is 2.29. The minimum Gasteiger partial charge on any atom is -0.456 e. The molecule has 12 rings (SSSR count). The second kappa shape index (κ2) is 17.5. The van der Waals surface area contributed by atoms with Gasteiger partial charge in [-0.15, -0.1) is 11.3 Å². The van der Waals surface area contributed by atoms with Gasteiger partial charge in [-0.05, 0) is 133 Å². The largest absolute Gasteiger partial charge is 0.456 e. The van der Waals surface area contributed by atoms with Gasteiger partial charge in [0.15, 0.2) is 0 Å². The number of nitrogens with zero attached hydrogens (tertiary/aromatic N) is 1. The van der Waals surface area contributed by atoms with Crippen LogP contribution in [0.3, 0.4) is 0 Å². The zero-order valence-corrected chi connectivity index (χ0v) is 37.4. The van der Waals surface area contributed by atoms with Crippen LogP contribution in [0, 0.1) is 0 Å². The van der Waals surface area contributed by atoms with Crippen LogP contribution >= 0.6 is 11.3 Å². The van der Waals surface area contributed by atoms with Crippen LogP contribution in [0.2, 0.25) is 0 Å². The maximum absolute atomic E-state index is 6.08. The Morgan fingerprint density at radius 2 is 0.552 bits per heavy atom. The van der Waals surface area contributed by atoms with Crippen molar-refractivity contribution in [2.45, 2.75) is 0 Å². The Hall–Kier alpha value is -8.50. The summed E-state index contributed by atoms with van der Waals surface area (Å²) in [7, 11) is 0. The van der Waals surface area contributed by atoms with Gasteiger partial charge in [-0.1, -0.05) is 194 Å². The van der Waals surface area contributed by atoms with Gasteiger partial charge in [0.1, 0.15) is 11.2 Å². The van der Waals surface area contributed by atoms with Crippen molar-refractivity contribution in [2.24, 2.45) is 0 Å². The normalized spacial score (nSPS) is 11.3. The lowest BCUT2D eigenvalue weighted by Crippen LogP contribution is -2.09. The number of hydrogen-bond acceptors (Lipinski definition) is 3. The van der Waals surface area contributed by atoms with E-state index < -0.39 is 0 Å². The van der Waals surface area contributed by atoms with Crippen LogP contribution in [0.1, 0.15) is 0 Å². The third kappa shape index (κ3) is 8.03. The lowest BCUT2D eigenvalue weighted by molar-refractivity contribution is 0.669. The van der Waals surface area contributed by atoms with Crippen LogP contribution in [0.5, 0.6) is 0 Å². The topological polar surface area (TPSA) is 16.4 Å². The molecule has 67 heavy (non-hydrogen) atoms. The van der Waals surface area contributed by atoms with Gasteiger partial charge >= 0.3 is 0 Å². The molecule has 0 aliphatic carbocycles. The van der Waals surface area contributed by atoms with E-state index in [-0.39, 0.29) is 0 Å². The summed E-state index contributed by atoms with van der Waals surface area (Å²) in [6, 6.07) is 93.8. The average molecular weight is 874 g/mol. The van der Waals surface area contributed by atoms with Crippen LogP contribution < -0.4 is 4.90 Å². The molecule has 2 nitrogen and oxygen atoms in total. The number of para-hydroxylation sites is 1. The fourth-order valence-electron chi connectivity index (χ4n) is 9.18. The van der Waals surface area contributed by atoms with Crippen LogP contribution in [-0.4, -0.2) is 0 Å². The van der Waals surface area contributed by atoms with Crippen molar-refractivity contribution in [3.05, 3.63) is 261 Å². The molecule has 2 aromatic heterocycles. The van der Waals surface area contributed by atoms with Crippen molar-refractivity contribution in [3.63, 3.8) is 0 Å². The van der Waals surface area contributed by atoms with Crippen molar-refractivity contribution in [1.29, 1.82) is 0 Å². The number of hydrogen-bond donors (Lipinski definition) is 0. The molecule has 0 aliphatic heterocycles. The highest BCUT2D eigenvalue weighted by molar-refractivity contribution is 7.18. The highest BCUT2D eigenvalue weighted by Gasteiger charge is 2.16. The number of benzene rings is 10. The number of fused-ring (bicyclic) bond motifs is 3. The molecule has 0 spiro atoms. The molecule has 0 fully saturated rings. The van der Waals surface area contributed by atoms with Crippen molar-refractivity contribution in [2.75, 3.05) is 4.90 Å². The second-order valence-electron chi connectivity index (χ2n) is 16.9. The first-order valence-corrected chi connectivity index (χ1v) is 23.5. The fraction of sp³-hybridized carbons (Fsp3) is 0. The van der Waals surface area contributed by atoms with E-state index in [4.69, 9.17) is 4.42 Å². The van der Waals surface area contributed by atoms with Gasteiger partial charge in [0, 0.05) is 37.6 Å². The van der Waals surface area contributed by atoms with E-state index in [1.54, 1.807) is 0 Å². The first kappa shape index (κ1) is 40.0. The maximum Gasteiger partial charge on any atom is 0.135 e. The molecule has 2 heterocycles. The zero-order valence-electron chi connectivity index (χ0n) is 36.6. The molecule has 0 unspecified atom stereocenters. The Balaban J connectivity index is 0.816. The second-order valence-corrected chi connectivity index (χ2v) is 18.0. The number of anilines is 3. The molecule has 0 aliphatic rings. The van der Waals surface area contributed by atoms with E-state index in [1.807, 2.05) is 23.5 Å². The van der Waals surface area contributed by atoms with E-state index in [0.717, 1.165) is 39.0 Å². The zero-order chi connectivity index (χ0) is 44.5. The monoisotopic (exact) mass is 873 g/mol. The molecule has 0 N–H and O–H groups in total. The Labute approximate surface area is 395 Å². The number of rotatable bonds is 10. The minimum atomic E-state index is 0.916. The predicted octanol–water partition coefficient (Wildman–Crippen LogP) is 18.8. The third-order valence-corrected chi connectivity index (χ3v) is 14.0. The summed E-state index contributed by atoms with van der Waals surface area (Å²) < 4.78 is 6.08. The first-order valence-electron chi connectivity index (χ1n) is 22.7. The van der Waals surface area contributed by atoms with Crippen molar-refractivity contribution in [3.8, 4) is 76.5 Å². The van der Waals surface area contributed by atoms with E-state index in [2.05, 4.69) is 254 Å². The summed E-state index contributed by atoms with van der Waals surface area (Å²) >= 11 is 1.82. The fourth-order valence-corrected chi connectivity index (χ4v) is 10.2. The molecule has 0 atom stereocenters. The van der Waals surface area contributed by atoms with E-state index >= 15 is 0 Å². The quantitative estimate of drug-likeness (QED) is 0.136. The van der Waals surface area contributed by atoms with Gasteiger partial charge in [0.25, 0.3) is 0 Å². The van der Waals surface area contributed by atoms with Crippen LogP contribution in [0.25, 0.3) is 98.5 Å². The predicted molar refractivity (Wildman–Crippen MR) is 284 cm³/mol. The molecular formula is C64H43NOS. The highest BCUT2D eigenvalue weighted by Crippen LogP contribution is 2.41.